The van der Waals surface area contributed by atoms with Crippen LogP contribution in [0.5, 0.6) is 0 Å². The lowest BCUT2D eigenvalue weighted by Gasteiger charge is -2.57. The summed E-state index contributed by atoms with van der Waals surface area (Å²) in [6.07, 6.45) is 11.0. The molecule has 3 heterocycles. The highest BCUT2D eigenvalue weighted by Gasteiger charge is 2.52. The fourth-order valence-electron chi connectivity index (χ4n) is 14.6. The molecule has 0 saturated heterocycles. The molecule has 4 saturated carbocycles. The summed E-state index contributed by atoms with van der Waals surface area (Å²) >= 11 is 2.11. The molecule has 7 aliphatic rings. The van der Waals surface area contributed by atoms with E-state index in [1.165, 1.54) is 139 Å². The quantitative estimate of drug-likeness (QED) is 0.163. The fraction of sp³-hybridized carbons (Fsp3) is 0.484. The second-order valence-electron chi connectivity index (χ2n) is 26.8. The zero-order valence-corrected chi connectivity index (χ0v) is 43.2. The van der Waals surface area contributed by atoms with Gasteiger partial charge in [0.1, 0.15) is 0 Å². The number of benzene rings is 5. The number of fused-ring (bicyclic) bond motifs is 7. The molecule has 0 N–H and O–H groups in total. The Hall–Kier alpha value is -4.28. The summed E-state index contributed by atoms with van der Waals surface area (Å²) < 4.78 is 2.97. The van der Waals surface area contributed by atoms with Crippen molar-refractivity contribution in [3.63, 3.8) is 0 Å². The molecule has 13 rings (SSSR count). The number of rotatable bonds is 3. The fourth-order valence-corrected chi connectivity index (χ4v) is 15.9. The van der Waals surface area contributed by atoms with E-state index in [1.807, 2.05) is 0 Å². The van der Waals surface area contributed by atoms with Gasteiger partial charge >= 0.3 is 0 Å². The first kappa shape index (κ1) is 43.0. The van der Waals surface area contributed by atoms with Gasteiger partial charge in [-0.25, -0.2) is 0 Å². The van der Waals surface area contributed by atoms with Crippen LogP contribution in [0.3, 0.4) is 0 Å². The lowest BCUT2D eigenvalue weighted by Crippen LogP contribution is -2.60. The van der Waals surface area contributed by atoms with Gasteiger partial charge in [0.2, 0.25) is 0 Å². The minimum absolute atomic E-state index is 0.00752. The van der Waals surface area contributed by atoms with E-state index < -0.39 is 0 Å². The van der Waals surface area contributed by atoms with Crippen LogP contribution in [0.1, 0.15) is 175 Å². The van der Waals surface area contributed by atoms with Crippen LogP contribution in [0.2, 0.25) is 0 Å². The van der Waals surface area contributed by atoms with E-state index in [1.54, 1.807) is 5.56 Å². The van der Waals surface area contributed by atoms with E-state index in [9.17, 15) is 0 Å². The molecule has 4 heteroatoms. The first-order chi connectivity index (χ1) is 31.0. The lowest BCUT2D eigenvalue weighted by atomic mass is 9.36. The Balaban J connectivity index is 1.17. The van der Waals surface area contributed by atoms with Crippen molar-refractivity contribution in [3.05, 3.63) is 124 Å². The zero-order valence-electron chi connectivity index (χ0n) is 42.4. The smallest absolute Gasteiger partial charge is 0.264 e. The van der Waals surface area contributed by atoms with Crippen LogP contribution in [0, 0.1) is 17.8 Å². The first-order valence-electron chi connectivity index (χ1n) is 25.7. The van der Waals surface area contributed by atoms with E-state index in [-0.39, 0.29) is 33.8 Å². The third kappa shape index (κ3) is 6.45. The van der Waals surface area contributed by atoms with Crippen molar-refractivity contribution in [3.8, 4) is 0 Å². The Labute approximate surface area is 401 Å². The van der Waals surface area contributed by atoms with Crippen molar-refractivity contribution < 1.29 is 0 Å². The Bertz CT molecular complexity index is 2940. The average molecular weight is 889 g/mol. The Morgan fingerprint density at radius 2 is 1.09 bits per heavy atom. The normalized spacial score (nSPS) is 24.6. The number of nitrogens with zero attached hydrogens (tertiary/aromatic N) is 2. The maximum absolute atomic E-state index is 2.76. The maximum Gasteiger partial charge on any atom is 0.264 e. The van der Waals surface area contributed by atoms with Gasteiger partial charge in [0.25, 0.3) is 6.71 Å². The van der Waals surface area contributed by atoms with E-state index in [0.29, 0.717) is 5.41 Å². The highest BCUT2D eigenvalue weighted by atomic mass is 32.1. The van der Waals surface area contributed by atoms with Crippen molar-refractivity contribution in [1.82, 2.24) is 0 Å². The largest absolute Gasteiger partial charge is 0.311 e. The molecule has 66 heavy (non-hydrogen) atoms. The average Bonchev–Trinajstić information content (AvgIpc) is 3.62. The third-order valence-electron chi connectivity index (χ3n) is 18.1. The standard InChI is InChI=1S/C62H73BN2S/c1-57(2,3)40-14-18-44(19-15-40)64-50-23-17-41(58(4,5)6)29-49(50)63-54-51(64)30-43(59(7,8)9)31-52(54)65(45-20-22-47-48(33-45)61(12,13)25-24-60(47,10)11)55-46-21-16-42(32-53(46)66-56(55)63)62-34-37-26-38(35-62)28-39(27-37)36-62/h14-23,29-33,37-39H,24-28,34-36H2,1-13H3. The van der Waals surface area contributed by atoms with Crippen molar-refractivity contribution in [2.24, 2.45) is 17.8 Å². The molecule has 5 aromatic carbocycles. The van der Waals surface area contributed by atoms with Gasteiger partial charge in [0, 0.05) is 43.3 Å². The van der Waals surface area contributed by atoms with Crippen LogP contribution in [0.15, 0.2) is 91.0 Å². The van der Waals surface area contributed by atoms with E-state index in [4.69, 9.17) is 0 Å². The monoisotopic (exact) mass is 889 g/mol. The minimum Gasteiger partial charge on any atom is -0.311 e. The van der Waals surface area contributed by atoms with Gasteiger partial charge in [-0.15, -0.1) is 11.3 Å². The van der Waals surface area contributed by atoms with Gasteiger partial charge in [-0.1, -0.05) is 132 Å². The lowest BCUT2D eigenvalue weighted by molar-refractivity contribution is -0.00512. The molecule has 4 fully saturated rings. The van der Waals surface area contributed by atoms with Crippen LogP contribution < -0.4 is 25.5 Å². The molecule has 0 amide bonds. The summed E-state index contributed by atoms with van der Waals surface area (Å²) in [4.78, 5) is 5.40. The zero-order chi connectivity index (χ0) is 46.2. The summed E-state index contributed by atoms with van der Waals surface area (Å²) in [6, 6.07) is 37.8. The molecule has 340 valence electrons. The van der Waals surface area contributed by atoms with Crippen molar-refractivity contribution in [2.45, 2.75) is 174 Å². The molecule has 2 aliphatic heterocycles. The maximum atomic E-state index is 2.76. The van der Waals surface area contributed by atoms with Crippen molar-refractivity contribution in [1.29, 1.82) is 0 Å². The molecule has 6 aromatic rings. The predicted molar refractivity (Wildman–Crippen MR) is 287 cm³/mol. The van der Waals surface area contributed by atoms with Gasteiger partial charge in [-0.2, -0.15) is 0 Å². The molecular weight excluding hydrogens is 816 g/mol. The molecule has 2 nitrogen and oxygen atoms in total. The SMILES string of the molecule is CC(C)(C)c1ccc(N2c3ccc(C(C)(C)C)cc3B3c4sc5cc(C67CC8CC(CC(C8)C6)C7)ccc5c4N(c4ccc5c(c4)C(C)(C)CCC5(C)C)c4cc(C(C)(C)C)cc2c43)cc1. The molecule has 0 spiro atoms. The molecule has 0 unspecified atom stereocenters. The van der Waals surface area contributed by atoms with Crippen LogP contribution in [-0.4, -0.2) is 6.71 Å². The van der Waals surface area contributed by atoms with Gasteiger partial charge in [0.05, 0.1) is 5.69 Å². The van der Waals surface area contributed by atoms with Gasteiger partial charge < -0.3 is 9.80 Å². The predicted octanol–water partition coefficient (Wildman–Crippen LogP) is 15.7. The highest BCUT2D eigenvalue weighted by molar-refractivity contribution is 7.33. The topological polar surface area (TPSA) is 6.48 Å². The van der Waals surface area contributed by atoms with Gasteiger partial charge in [-0.3, -0.25) is 0 Å². The summed E-state index contributed by atoms with van der Waals surface area (Å²) in [6.45, 7) is 31.4. The van der Waals surface area contributed by atoms with E-state index in [0.717, 1.165) is 17.8 Å². The molecule has 4 bridgehead atoms. The second kappa shape index (κ2) is 13.9. The second-order valence-corrected chi connectivity index (χ2v) is 27.9. The molecule has 1 aromatic heterocycles. The summed E-state index contributed by atoms with van der Waals surface area (Å²) in [5.74, 6) is 2.77. The molecule has 0 radical (unpaired) electrons. The number of thiophene rings is 1. The number of anilines is 6. The minimum atomic E-state index is -0.0730. The Kier molecular flexibility index (Phi) is 9.08. The van der Waals surface area contributed by atoms with Crippen LogP contribution >= 0.6 is 11.3 Å². The molecule has 5 aliphatic carbocycles. The van der Waals surface area contributed by atoms with Crippen LogP contribution in [0.4, 0.5) is 34.1 Å². The Morgan fingerprint density at radius 3 is 1.70 bits per heavy atom. The van der Waals surface area contributed by atoms with Crippen molar-refractivity contribution in [2.75, 3.05) is 9.80 Å². The van der Waals surface area contributed by atoms with Gasteiger partial charge in [-0.05, 0) is 194 Å². The van der Waals surface area contributed by atoms with Crippen LogP contribution in [0.25, 0.3) is 10.1 Å². The summed E-state index contributed by atoms with van der Waals surface area (Å²) in [5.41, 5.74) is 20.2. The first-order valence-corrected chi connectivity index (χ1v) is 26.6. The van der Waals surface area contributed by atoms with Gasteiger partial charge in [0.15, 0.2) is 0 Å². The summed E-state index contributed by atoms with van der Waals surface area (Å²) in [7, 11) is 0. The number of hydrogen-bond acceptors (Lipinski definition) is 3. The van der Waals surface area contributed by atoms with Crippen LogP contribution in [-0.2, 0) is 32.5 Å². The third-order valence-corrected chi connectivity index (χ3v) is 19.3. The highest BCUT2D eigenvalue weighted by Crippen LogP contribution is 2.61. The van der Waals surface area contributed by atoms with Crippen molar-refractivity contribution >= 4 is 78.0 Å². The molecular formula is C62H73BN2S. The Morgan fingerprint density at radius 1 is 0.530 bits per heavy atom. The van der Waals surface area contributed by atoms with E-state index in [2.05, 4.69) is 202 Å². The molecule has 0 atom stereocenters. The summed E-state index contributed by atoms with van der Waals surface area (Å²) in [5, 5.41) is 1.42. The van der Waals surface area contributed by atoms with E-state index >= 15 is 0 Å². The number of hydrogen-bond donors (Lipinski definition) is 0.